The van der Waals surface area contributed by atoms with E-state index in [1.165, 1.54) is 29.8 Å². The molecular weight excluding hydrogens is 451 g/mol. The Balaban J connectivity index is 1.40. The van der Waals surface area contributed by atoms with E-state index < -0.39 is 23.8 Å². The fourth-order valence-corrected chi connectivity index (χ4v) is 4.45. The lowest BCUT2D eigenvalue weighted by molar-refractivity contribution is -0.144. The Kier molecular flexibility index (Phi) is 8.03. The van der Waals surface area contributed by atoms with Crippen LogP contribution in [0.5, 0.6) is 0 Å². The van der Waals surface area contributed by atoms with Gasteiger partial charge in [-0.1, -0.05) is 72.8 Å². The predicted octanol–water partition coefficient (Wildman–Crippen LogP) is 6.88. The van der Waals surface area contributed by atoms with Crippen LogP contribution in [-0.2, 0) is 15.7 Å². The molecule has 0 amide bonds. The molecule has 3 aromatic rings. The predicted molar refractivity (Wildman–Crippen MR) is 131 cm³/mol. The van der Waals surface area contributed by atoms with E-state index in [-0.39, 0.29) is 5.56 Å². The Hall–Kier alpha value is -3.38. The number of carbonyl (C=O) groups excluding carboxylic acids is 1. The van der Waals surface area contributed by atoms with Crippen molar-refractivity contribution in [2.75, 3.05) is 19.6 Å². The number of benzene rings is 3. The second-order valence-corrected chi connectivity index (χ2v) is 8.78. The van der Waals surface area contributed by atoms with Crippen LogP contribution < -0.4 is 0 Å². The molecule has 0 N–H and O–H groups in total. The fourth-order valence-electron chi connectivity index (χ4n) is 4.45. The number of piperidine rings is 1. The van der Waals surface area contributed by atoms with Gasteiger partial charge in [-0.15, -0.1) is 0 Å². The van der Waals surface area contributed by atoms with Gasteiger partial charge < -0.3 is 4.74 Å². The van der Waals surface area contributed by atoms with Gasteiger partial charge in [-0.2, -0.15) is 13.2 Å². The summed E-state index contributed by atoms with van der Waals surface area (Å²) < 4.78 is 44.6. The molecule has 0 radical (unpaired) electrons. The zero-order chi connectivity index (χ0) is 24.7. The molecule has 1 atom stereocenters. The zero-order valence-electron chi connectivity index (χ0n) is 19.3. The molecule has 1 saturated heterocycles. The van der Waals surface area contributed by atoms with E-state index in [1.807, 2.05) is 36.4 Å². The van der Waals surface area contributed by atoms with Crippen molar-refractivity contribution in [2.24, 2.45) is 0 Å². The van der Waals surface area contributed by atoms with Gasteiger partial charge in [0.2, 0.25) is 0 Å². The molecule has 1 unspecified atom stereocenters. The van der Waals surface area contributed by atoms with E-state index in [0.29, 0.717) is 12.5 Å². The maximum absolute atomic E-state index is 12.9. The molecule has 1 aliphatic rings. The first-order valence-corrected chi connectivity index (χ1v) is 11.8. The van der Waals surface area contributed by atoms with Crippen molar-refractivity contribution in [3.63, 3.8) is 0 Å². The van der Waals surface area contributed by atoms with Crippen molar-refractivity contribution in [1.82, 2.24) is 4.90 Å². The van der Waals surface area contributed by atoms with E-state index in [2.05, 4.69) is 29.2 Å². The quantitative estimate of drug-likeness (QED) is 0.273. The Labute approximate surface area is 203 Å². The Morgan fingerprint density at radius 2 is 1.60 bits per heavy atom. The van der Waals surface area contributed by atoms with Crippen molar-refractivity contribution in [2.45, 2.75) is 31.0 Å². The number of rotatable bonds is 7. The number of halogens is 3. The van der Waals surface area contributed by atoms with Crippen molar-refractivity contribution in [1.29, 1.82) is 0 Å². The molecule has 4 rings (SSSR count). The van der Waals surface area contributed by atoms with Crippen LogP contribution in [0.15, 0.2) is 91.0 Å². The van der Waals surface area contributed by atoms with Gasteiger partial charge in [-0.05, 0) is 66.7 Å². The average Bonchev–Trinajstić information content (AvgIpc) is 2.88. The minimum absolute atomic E-state index is 0.288. The molecule has 0 bridgehead atoms. The van der Waals surface area contributed by atoms with Gasteiger partial charge >= 0.3 is 12.1 Å². The molecule has 1 heterocycles. The van der Waals surface area contributed by atoms with E-state index in [1.54, 1.807) is 0 Å². The van der Waals surface area contributed by atoms with Crippen LogP contribution in [-0.4, -0.2) is 30.5 Å². The van der Waals surface area contributed by atoms with Crippen LogP contribution in [0.1, 0.15) is 47.1 Å². The van der Waals surface area contributed by atoms with Gasteiger partial charge in [0.05, 0.1) is 5.56 Å². The number of likely N-dealkylation sites (tertiary alicyclic amines) is 1. The minimum Gasteiger partial charge on any atom is -0.453 e. The molecule has 1 aliphatic heterocycles. The maximum atomic E-state index is 12.9. The van der Waals surface area contributed by atoms with Gasteiger partial charge in [0.1, 0.15) is 6.10 Å². The highest BCUT2D eigenvalue weighted by Crippen LogP contribution is 2.31. The molecule has 0 spiro atoms. The lowest BCUT2D eigenvalue weighted by Gasteiger charge is -2.34. The molecule has 6 heteroatoms. The van der Waals surface area contributed by atoms with Gasteiger partial charge in [-0.3, -0.25) is 4.90 Å². The second kappa shape index (κ2) is 11.4. The summed E-state index contributed by atoms with van der Waals surface area (Å²) in [4.78, 5) is 14.9. The molecule has 1 fully saturated rings. The van der Waals surface area contributed by atoms with Gasteiger partial charge in [0, 0.05) is 12.6 Å². The van der Waals surface area contributed by atoms with E-state index in [4.69, 9.17) is 4.74 Å². The maximum Gasteiger partial charge on any atom is 0.416 e. The highest BCUT2D eigenvalue weighted by Gasteiger charge is 2.30. The first-order valence-electron chi connectivity index (χ1n) is 11.8. The lowest BCUT2D eigenvalue weighted by atomic mass is 9.89. The van der Waals surface area contributed by atoms with Crippen LogP contribution in [0.2, 0.25) is 0 Å². The summed E-state index contributed by atoms with van der Waals surface area (Å²) in [5.41, 5.74) is 1.78. The summed E-state index contributed by atoms with van der Waals surface area (Å²) in [6.45, 7) is 2.37. The molecule has 0 saturated carbocycles. The standard InChI is InChI=1S/C29H28F3NO2/c30-29(31,32)26-13-7-8-22(20-26)14-15-28(34)35-27(25-11-5-2-6-12-25)21-33-18-16-24(17-19-33)23-9-3-1-4-10-23/h1-15,20,24,27H,16-19,21H2/b15-14+. The highest BCUT2D eigenvalue weighted by atomic mass is 19.4. The summed E-state index contributed by atoms with van der Waals surface area (Å²) >= 11 is 0. The smallest absolute Gasteiger partial charge is 0.416 e. The number of carbonyl (C=O) groups is 1. The van der Waals surface area contributed by atoms with Gasteiger partial charge in [0.25, 0.3) is 0 Å². The van der Waals surface area contributed by atoms with E-state index >= 15 is 0 Å². The third-order valence-corrected chi connectivity index (χ3v) is 6.34. The Morgan fingerprint density at radius 1 is 0.943 bits per heavy atom. The first kappa shape index (κ1) is 24.7. The largest absolute Gasteiger partial charge is 0.453 e. The number of hydrogen-bond acceptors (Lipinski definition) is 3. The highest BCUT2D eigenvalue weighted by molar-refractivity contribution is 5.87. The Morgan fingerprint density at radius 3 is 2.26 bits per heavy atom. The first-order chi connectivity index (χ1) is 16.9. The van der Waals surface area contributed by atoms with Crippen LogP contribution in [0.3, 0.4) is 0 Å². The molecule has 3 aromatic carbocycles. The number of alkyl halides is 3. The monoisotopic (exact) mass is 479 g/mol. The normalized spacial score (nSPS) is 16.3. The molecule has 0 aliphatic carbocycles. The summed E-state index contributed by atoms with van der Waals surface area (Å²) in [6.07, 6.45) is -0.290. The molecule has 3 nitrogen and oxygen atoms in total. The number of nitrogens with zero attached hydrogens (tertiary/aromatic N) is 1. The van der Waals surface area contributed by atoms with Gasteiger partial charge in [-0.25, -0.2) is 4.79 Å². The molecule has 35 heavy (non-hydrogen) atoms. The SMILES string of the molecule is O=C(/C=C/c1cccc(C(F)(F)F)c1)OC(CN1CCC(c2ccccc2)CC1)c1ccccc1. The zero-order valence-corrected chi connectivity index (χ0v) is 19.3. The summed E-state index contributed by atoms with van der Waals surface area (Å²) in [5.74, 6) is -0.0593. The van der Waals surface area contributed by atoms with Gasteiger partial charge in [0.15, 0.2) is 0 Å². The van der Waals surface area contributed by atoms with Crippen LogP contribution >= 0.6 is 0 Å². The van der Waals surface area contributed by atoms with Crippen molar-refractivity contribution < 1.29 is 22.7 Å². The van der Waals surface area contributed by atoms with Crippen molar-refractivity contribution >= 4 is 12.0 Å². The lowest BCUT2D eigenvalue weighted by Crippen LogP contribution is -2.37. The molecule has 182 valence electrons. The van der Waals surface area contributed by atoms with Crippen LogP contribution in [0.25, 0.3) is 6.08 Å². The minimum atomic E-state index is -4.43. The number of esters is 1. The number of hydrogen-bond donors (Lipinski definition) is 0. The second-order valence-electron chi connectivity index (χ2n) is 8.78. The third kappa shape index (κ3) is 7.06. The summed E-state index contributed by atoms with van der Waals surface area (Å²) in [5, 5.41) is 0. The van der Waals surface area contributed by atoms with Crippen molar-refractivity contribution in [3.8, 4) is 0 Å². The Bertz CT molecular complexity index is 1120. The number of ether oxygens (including phenoxy) is 1. The third-order valence-electron chi connectivity index (χ3n) is 6.34. The molecule has 0 aromatic heterocycles. The van der Waals surface area contributed by atoms with E-state index in [0.717, 1.165) is 43.6 Å². The topological polar surface area (TPSA) is 29.5 Å². The molecular formula is C29H28F3NO2. The van der Waals surface area contributed by atoms with Crippen LogP contribution in [0.4, 0.5) is 13.2 Å². The average molecular weight is 480 g/mol. The van der Waals surface area contributed by atoms with Crippen LogP contribution in [0, 0.1) is 0 Å². The summed E-state index contributed by atoms with van der Waals surface area (Å²) in [7, 11) is 0. The summed E-state index contributed by atoms with van der Waals surface area (Å²) in [6, 6.07) is 24.9. The van der Waals surface area contributed by atoms with E-state index in [9.17, 15) is 18.0 Å². The fraction of sp³-hybridized carbons (Fsp3) is 0.276. The van der Waals surface area contributed by atoms with Crippen molar-refractivity contribution in [3.05, 3.63) is 113 Å².